The van der Waals surface area contributed by atoms with E-state index in [1.54, 1.807) is 12.0 Å². The number of anilines is 1. The molecule has 0 N–H and O–H groups in total. The predicted octanol–water partition coefficient (Wildman–Crippen LogP) is 6.44. The highest BCUT2D eigenvalue weighted by Gasteiger charge is 2.33. The van der Waals surface area contributed by atoms with E-state index >= 15 is 0 Å². The van der Waals surface area contributed by atoms with E-state index in [0.29, 0.717) is 27.3 Å². The average molecular weight is 512 g/mol. The van der Waals surface area contributed by atoms with Crippen LogP contribution in [0.15, 0.2) is 82.2 Å². The molecular weight excluding hydrogens is 494 g/mol. The predicted molar refractivity (Wildman–Crippen MR) is 134 cm³/mol. The third kappa shape index (κ3) is 5.01. The molecule has 4 nitrogen and oxygen atoms in total. The summed E-state index contributed by atoms with van der Waals surface area (Å²) in [5.41, 5.74) is 2.65. The van der Waals surface area contributed by atoms with Crippen LogP contribution < -0.4 is 14.4 Å². The molecule has 1 amide bonds. The summed E-state index contributed by atoms with van der Waals surface area (Å²) in [5, 5.41) is 0. The van der Waals surface area contributed by atoms with Crippen LogP contribution in [0.2, 0.25) is 0 Å². The van der Waals surface area contributed by atoms with Gasteiger partial charge in [0, 0.05) is 4.47 Å². The molecule has 1 aliphatic rings. The maximum absolute atomic E-state index is 13.0. The van der Waals surface area contributed by atoms with Crippen molar-refractivity contribution in [3.63, 3.8) is 0 Å². The van der Waals surface area contributed by atoms with Gasteiger partial charge in [-0.1, -0.05) is 76.3 Å². The number of thiocarbonyl (C=S) groups is 1. The summed E-state index contributed by atoms with van der Waals surface area (Å²) in [6.07, 6.45) is 1.82. The van der Waals surface area contributed by atoms with E-state index < -0.39 is 0 Å². The fourth-order valence-corrected chi connectivity index (χ4v) is 4.62. The minimum absolute atomic E-state index is 0.138. The first-order valence-corrected chi connectivity index (χ1v) is 11.5. The summed E-state index contributed by atoms with van der Waals surface area (Å²) in [5.74, 6) is 1.11. The highest BCUT2D eigenvalue weighted by Crippen LogP contribution is 2.37. The molecule has 0 unspecified atom stereocenters. The molecule has 1 heterocycles. The van der Waals surface area contributed by atoms with Crippen molar-refractivity contribution in [2.75, 3.05) is 12.0 Å². The lowest BCUT2D eigenvalue weighted by Crippen LogP contribution is -2.27. The topological polar surface area (TPSA) is 38.8 Å². The van der Waals surface area contributed by atoms with Gasteiger partial charge < -0.3 is 9.47 Å². The molecular formula is C24H18BrNO3S2. The molecule has 7 heteroatoms. The maximum atomic E-state index is 13.0. The molecule has 156 valence electrons. The Morgan fingerprint density at radius 1 is 1.03 bits per heavy atom. The Hall–Kier alpha value is -2.61. The molecule has 1 saturated heterocycles. The van der Waals surface area contributed by atoms with Gasteiger partial charge in [0.15, 0.2) is 15.8 Å². The molecule has 0 spiro atoms. The lowest BCUT2D eigenvalue weighted by molar-refractivity contribution is -0.113. The third-order valence-corrected chi connectivity index (χ3v) is 6.43. The quantitative estimate of drug-likeness (QED) is 0.281. The molecule has 1 fully saturated rings. The van der Waals surface area contributed by atoms with E-state index in [0.717, 1.165) is 21.3 Å². The Bertz CT molecular complexity index is 1150. The van der Waals surface area contributed by atoms with Crippen LogP contribution >= 0.6 is 39.9 Å². The second-order valence-corrected chi connectivity index (χ2v) is 9.27. The van der Waals surface area contributed by atoms with E-state index in [2.05, 4.69) is 15.9 Å². The van der Waals surface area contributed by atoms with Crippen molar-refractivity contribution >= 4 is 61.9 Å². The number of rotatable bonds is 6. The van der Waals surface area contributed by atoms with Gasteiger partial charge in [0.2, 0.25) is 0 Å². The van der Waals surface area contributed by atoms with Crippen molar-refractivity contribution in [2.45, 2.75) is 6.61 Å². The van der Waals surface area contributed by atoms with Crippen molar-refractivity contribution in [1.29, 1.82) is 0 Å². The minimum Gasteiger partial charge on any atom is -0.493 e. The zero-order chi connectivity index (χ0) is 21.8. The van der Waals surface area contributed by atoms with Gasteiger partial charge in [0.1, 0.15) is 6.61 Å². The van der Waals surface area contributed by atoms with E-state index in [4.69, 9.17) is 21.7 Å². The fourth-order valence-electron chi connectivity index (χ4n) is 3.06. The van der Waals surface area contributed by atoms with Gasteiger partial charge in [-0.05, 0) is 53.6 Å². The number of hydrogen-bond acceptors (Lipinski definition) is 5. The van der Waals surface area contributed by atoms with Crippen molar-refractivity contribution in [1.82, 2.24) is 0 Å². The van der Waals surface area contributed by atoms with Crippen molar-refractivity contribution in [3.05, 3.63) is 93.3 Å². The van der Waals surface area contributed by atoms with Crippen LogP contribution in [0, 0.1) is 0 Å². The fraction of sp³-hybridized carbons (Fsp3) is 0.0833. The number of methoxy groups -OCH3 is 1. The first-order valence-electron chi connectivity index (χ1n) is 9.43. The largest absolute Gasteiger partial charge is 0.493 e. The highest BCUT2D eigenvalue weighted by molar-refractivity contribution is 9.10. The Morgan fingerprint density at radius 2 is 1.77 bits per heavy atom. The van der Waals surface area contributed by atoms with Gasteiger partial charge in [-0.3, -0.25) is 9.69 Å². The standard InChI is InChI=1S/C24H18BrNO3S2/c1-28-21-13-17(7-12-20(21)29-15-16-5-3-2-4-6-16)14-22-23(27)26(24(30)31-22)19-10-8-18(25)9-11-19/h2-14H,15H2,1H3/b22-14+. The molecule has 0 aromatic heterocycles. The van der Waals surface area contributed by atoms with Gasteiger partial charge in [-0.15, -0.1) is 0 Å². The highest BCUT2D eigenvalue weighted by atomic mass is 79.9. The van der Waals surface area contributed by atoms with Crippen LogP contribution in [0.25, 0.3) is 6.08 Å². The smallest absolute Gasteiger partial charge is 0.270 e. The van der Waals surface area contributed by atoms with Crippen LogP contribution in [0.1, 0.15) is 11.1 Å². The number of nitrogens with zero attached hydrogens (tertiary/aromatic N) is 1. The number of carbonyl (C=O) groups excluding carboxylic acids is 1. The first kappa shape index (κ1) is 21.6. The number of benzene rings is 3. The lowest BCUT2D eigenvalue weighted by Gasteiger charge is -2.14. The summed E-state index contributed by atoms with van der Waals surface area (Å²) in [6.45, 7) is 0.447. The summed E-state index contributed by atoms with van der Waals surface area (Å²) in [6, 6.07) is 23.0. The zero-order valence-electron chi connectivity index (χ0n) is 16.6. The molecule has 3 aromatic carbocycles. The second kappa shape index (κ2) is 9.68. The molecule has 0 aliphatic carbocycles. The van der Waals surface area contributed by atoms with Crippen molar-refractivity contribution in [2.24, 2.45) is 0 Å². The minimum atomic E-state index is -0.138. The van der Waals surface area contributed by atoms with Crippen molar-refractivity contribution in [3.8, 4) is 11.5 Å². The number of thioether (sulfide) groups is 1. The van der Waals surface area contributed by atoms with E-state index in [9.17, 15) is 4.79 Å². The van der Waals surface area contributed by atoms with Crippen LogP contribution in [-0.4, -0.2) is 17.3 Å². The molecule has 0 saturated carbocycles. The Balaban J connectivity index is 1.53. The average Bonchev–Trinajstić information content (AvgIpc) is 3.07. The summed E-state index contributed by atoms with van der Waals surface area (Å²) in [4.78, 5) is 15.1. The van der Waals surface area contributed by atoms with E-state index in [-0.39, 0.29) is 5.91 Å². The molecule has 0 radical (unpaired) electrons. The normalized spacial score (nSPS) is 14.9. The van der Waals surface area contributed by atoms with Gasteiger partial charge >= 0.3 is 0 Å². The summed E-state index contributed by atoms with van der Waals surface area (Å²) >= 11 is 10.1. The van der Waals surface area contributed by atoms with Crippen LogP contribution in [0.5, 0.6) is 11.5 Å². The third-order valence-electron chi connectivity index (χ3n) is 4.60. The van der Waals surface area contributed by atoms with Crippen molar-refractivity contribution < 1.29 is 14.3 Å². The zero-order valence-corrected chi connectivity index (χ0v) is 19.8. The monoisotopic (exact) mass is 511 g/mol. The van der Waals surface area contributed by atoms with Gasteiger partial charge in [0.25, 0.3) is 5.91 Å². The molecule has 0 atom stereocenters. The Labute approximate surface area is 199 Å². The Morgan fingerprint density at radius 3 is 2.48 bits per heavy atom. The number of carbonyl (C=O) groups is 1. The number of hydrogen-bond donors (Lipinski definition) is 0. The molecule has 0 bridgehead atoms. The Kier molecular flexibility index (Phi) is 6.75. The maximum Gasteiger partial charge on any atom is 0.270 e. The summed E-state index contributed by atoms with van der Waals surface area (Å²) < 4.78 is 12.9. The number of halogens is 1. The van der Waals surface area contributed by atoms with Gasteiger partial charge in [0.05, 0.1) is 17.7 Å². The SMILES string of the molecule is COc1cc(/C=C2/SC(=S)N(c3ccc(Br)cc3)C2=O)ccc1OCc1ccccc1. The van der Waals surface area contributed by atoms with Crippen LogP contribution in [0.4, 0.5) is 5.69 Å². The van der Waals surface area contributed by atoms with Gasteiger partial charge in [-0.2, -0.15) is 0 Å². The number of amides is 1. The molecule has 3 aromatic rings. The lowest BCUT2D eigenvalue weighted by atomic mass is 10.1. The van der Waals surface area contributed by atoms with E-state index in [1.807, 2.05) is 78.9 Å². The number of ether oxygens (including phenoxy) is 2. The van der Waals surface area contributed by atoms with Crippen LogP contribution in [0.3, 0.4) is 0 Å². The first-order chi connectivity index (χ1) is 15.0. The summed E-state index contributed by atoms with van der Waals surface area (Å²) in [7, 11) is 1.60. The van der Waals surface area contributed by atoms with Gasteiger partial charge in [-0.25, -0.2) is 0 Å². The second-order valence-electron chi connectivity index (χ2n) is 6.68. The van der Waals surface area contributed by atoms with Crippen LogP contribution in [-0.2, 0) is 11.4 Å². The molecule has 4 rings (SSSR count). The van der Waals surface area contributed by atoms with E-state index in [1.165, 1.54) is 11.8 Å². The molecule has 1 aliphatic heterocycles. The molecule has 31 heavy (non-hydrogen) atoms.